The molecular formula is C10H9FOSe. The van der Waals surface area contributed by atoms with Crippen molar-refractivity contribution in [3.63, 3.8) is 0 Å². The SMILES string of the molecule is COc1ccc2[se]c(CF)cc2c1. The number of alkyl halides is 1. The molecule has 1 nitrogen and oxygen atoms in total. The molecule has 13 heavy (non-hydrogen) atoms. The zero-order chi connectivity index (χ0) is 9.26. The molecule has 68 valence electrons. The predicted octanol–water partition coefficient (Wildman–Crippen LogP) is 2.37. The van der Waals surface area contributed by atoms with Gasteiger partial charge in [-0.3, -0.25) is 0 Å². The standard InChI is InChI=1S/C10H9FOSe/c1-12-8-2-3-10-7(4-8)5-9(6-11)13-10/h2-5H,6H2,1H3. The molecule has 0 bridgehead atoms. The molecule has 1 aromatic carbocycles. The van der Waals surface area contributed by atoms with Gasteiger partial charge in [-0.2, -0.15) is 0 Å². The summed E-state index contributed by atoms with van der Waals surface area (Å²) < 4.78 is 19.6. The van der Waals surface area contributed by atoms with Crippen LogP contribution in [0.15, 0.2) is 24.3 Å². The average Bonchev–Trinajstić information content (AvgIpc) is 2.58. The normalized spacial score (nSPS) is 10.6. The summed E-state index contributed by atoms with van der Waals surface area (Å²) in [7, 11) is 1.64. The number of benzene rings is 1. The molecule has 2 rings (SSSR count). The molecule has 2 aromatic rings. The Morgan fingerprint density at radius 3 is 2.92 bits per heavy atom. The fraction of sp³-hybridized carbons (Fsp3) is 0.200. The second-order valence-corrected chi connectivity index (χ2v) is 5.20. The minimum absolute atomic E-state index is 0.191. The third-order valence-corrected chi connectivity index (χ3v) is 4.17. The van der Waals surface area contributed by atoms with Gasteiger partial charge in [-0.1, -0.05) is 0 Å². The predicted molar refractivity (Wildman–Crippen MR) is 52.3 cm³/mol. The Labute approximate surface area is 81.9 Å². The fourth-order valence-corrected chi connectivity index (χ4v) is 3.15. The summed E-state index contributed by atoms with van der Waals surface area (Å²) >= 11 is 0.191. The zero-order valence-electron chi connectivity index (χ0n) is 7.21. The summed E-state index contributed by atoms with van der Waals surface area (Å²) in [6.45, 7) is -0.322. The molecule has 0 N–H and O–H groups in total. The molecule has 1 aromatic heterocycles. The van der Waals surface area contributed by atoms with Crippen LogP contribution >= 0.6 is 0 Å². The van der Waals surface area contributed by atoms with Gasteiger partial charge in [-0.25, -0.2) is 0 Å². The minimum atomic E-state index is -0.322. The van der Waals surface area contributed by atoms with Crippen molar-refractivity contribution in [1.29, 1.82) is 0 Å². The number of hydrogen-bond acceptors (Lipinski definition) is 1. The van der Waals surface area contributed by atoms with Gasteiger partial charge < -0.3 is 0 Å². The van der Waals surface area contributed by atoms with E-state index in [4.69, 9.17) is 4.74 Å². The number of hydrogen-bond donors (Lipinski definition) is 0. The van der Waals surface area contributed by atoms with Gasteiger partial charge in [-0.05, 0) is 0 Å². The molecule has 3 heteroatoms. The van der Waals surface area contributed by atoms with Crippen molar-refractivity contribution >= 4 is 24.1 Å². The number of fused-ring (bicyclic) bond motifs is 1. The second kappa shape index (κ2) is 3.52. The Balaban J connectivity index is 2.57. The summed E-state index contributed by atoms with van der Waals surface area (Å²) in [4.78, 5) is 0. The summed E-state index contributed by atoms with van der Waals surface area (Å²) in [6, 6.07) is 7.83. The number of methoxy groups -OCH3 is 1. The summed E-state index contributed by atoms with van der Waals surface area (Å²) in [5.41, 5.74) is 0. The van der Waals surface area contributed by atoms with Gasteiger partial charge in [0, 0.05) is 0 Å². The van der Waals surface area contributed by atoms with Crippen LogP contribution in [0, 0.1) is 0 Å². The molecule has 0 fully saturated rings. The van der Waals surface area contributed by atoms with Crippen molar-refractivity contribution in [2.45, 2.75) is 6.67 Å². The molecule has 0 aliphatic rings. The van der Waals surface area contributed by atoms with Crippen LogP contribution in [0.1, 0.15) is 4.44 Å². The van der Waals surface area contributed by atoms with Crippen LogP contribution in [0.5, 0.6) is 5.75 Å². The van der Waals surface area contributed by atoms with Gasteiger partial charge in [-0.15, -0.1) is 0 Å². The van der Waals surface area contributed by atoms with E-state index in [1.54, 1.807) is 7.11 Å². The van der Waals surface area contributed by atoms with E-state index in [2.05, 4.69) is 0 Å². The van der Waals surface area contributed by atoms with Crippen LogP contribution in [-0.4, -0.2) is 21.6 Å². The molecule has 0 saturated carbocycles. The van der Waals surface area contributed by atoms with Crippen LogP contribution in [0.25, 0.3) is 9.65 Å². The van der Waals surface area contributed by atoms with E-state index in [-0.39, 0.29) is 21.2 Å². The molecule has 0 amide bonds. The van der Waals surface area contributed by atoms with E-state index in [9.17, 15) is 4.39 Å². The Morgan fingerprint density at radius 1 is 1.38 bits per heavy atom. The summed E-state index contributed by atoms with van der Waals surface area (Å²) in [5, 5.41) is 1.12. The van der Waals surface area contributed by atoms with Gasteiger partial charge in [0.05, 0.1) is 0 Å². The third-order valence-electron chi connectivity index (χ3n) is 1.91. The van der Waals surface area contributed by atoms with E-state index in [1.165, 1.54) is 4.26 Å². The van der Waals surface area contributed by atoms with Gasteiger partial charge in [0.1, 0.15) is 0 Å². The van der Waals surface area contributed by atoms with E-state index in [1.807, 2.05) is 24.3 Å². The third kappa shape index (κ3) is 1.62. The zero-order valence-corrected chi connectivity index (χ0v) is 8.92. The van der Waals surface area contributed by atoms with Crippen molar-refractivity contribution in [3.8, 4) is 5.75 Å². The second-order valence-electron chi connectivity index (χ2n) is 2.75. The summed E-state index contributed by atoms with van der Waals surface area (Å²) in [5.74, 6) is 0.839. The van der Waals surface area contributed by atoms with Crippen LogP contribution in [0.4, 0.5) is 4.39 Å². The molecule has 0 saturated heterocycles. The van der Waals surface area contributed by atoms with Crippen molar-refractivity contribution < 1.29 is 9.13 Å². The van der Waals surface area contributed by atoms with Gasteiger partial charge in [0.25, 0.3) is 0 Å². The molecule has 0 spiro atoms. The number of rotatable bonds is 2. The van der Waals surface area contributed by atoms with E-state index < -0.39 is 0 Å². The number of ether oxygens (including phenoxy) is 1. The van der Waals surface area contributed by atoms with Gasteiger partial charge in [0.15, 0.2) is 0 Å². The quantitative estimate of drug-likeness (QED) is 0.736. The molecule has 0 radical (unpaired) electrons. The molecule has 1 heterocycles. The van der Waals surface area contributed by atoms with Crippen LogP contribution in [0.2, 0.25) is 0 Å². The van der Waals surface area contributed by atoms with E-state index in [0.29, 0.717) is 0 Å². The van der Waals surface area contributed by atoms with Gasteiger partial charge >= 0.3 is 81.5 Å². The fourth-order valence-electron chi connectivity index (χ4n) is 1.27. The van der Waals surface area contributed by atoms with Crippen LogP contribution < -0.4 is 4.74 Å². The first-order valence-electron chi connectivity index (χ1n) is 3.96. The van der Waals surface area contributed by atoms with E-state index >= 15 is 0 Å². The first-order valence-corrected chi connectivity index (χ1v) is 5.67. The summed E-state index contributed by atoms with van der Waals surface area (Å²) in [6.07, 6.45) is 0. The Morgan fingerprint density at radius 2 is 2.23 bits per heavy atom. The monoisotopic (exact) mass is 244 g/mol. The van der Waals surface area contributed by atoms with Crippen molar-refractivity contribution in [2.75, 3.05) is 7.11 Å². The molecule has 0 aliphatic heterocycles. The van der Waals surface area contributed by atoms with Crippen molar-refractivity contribution in [1.82, 2.24) is 0 Å². The maximum atomic E-state index is 12.4. The van der Waals surface area contributed by atoms with E-state index in [0.717, 1.165) is 15.6 Å². The first-order chi connectivity index (χ1) is 6.33. The first kappa shape index (κ1) is 8.79. The Hall–Kier alpha value is -0.791. The topological polar surface area (TPSA) is 9.23 Å². The number of halogens is 1. The molecule has 0 atom stereocenters. The van der Waals surface area contributed by atoms with Crippen LogP contribution in [-0.2, 0) is 6.67 Å². The van der Waals surface area contributed by atoms with Crippen molar-refractivity contribution in [3.05, 3.63) is 28.7 Å². The van der Waals surface area contributed by atoms with Gasteiger partial charge in [0.2, 0.25) is 0 Å². The van der Waals surface area contributed by atoms with Crippen molar-refractivity contribution in [2.24, 2.45) is 0 Å². The molecule has 0 aliphatic carbocycles. The maximum absolute atomic E-state index is 12.4. The average molecular weight is 243 g/mol. The molecular weight excluding hydrogens is 234 g/mol. The molecule has 0 unspecified atom stereocenters. The van der Waals surface area contributed by atoms with Crippen LogP contribution in [0.3, 0.4) is 0 Å². The Bertz CT molecular complexity index is 420. The Kier molecular flexibility index (Phi) is 2.38.